The van der Waals surface area contributed by atoms with Crippen LogP contribution in [0.4, 0.5) is 0 Å². The monoisotopic (exact) mass is 420 g/mol. The minimum atomic E-state index is -0.633. The molecule has 2 fully saturated rings. The largest absolute Gasteiger partial charge is 0.393 e. The molecule has 0 aromatic rings. The van der Waals surface area contributed by atoms with Crippen LogP contribution in [0.3, 0.4) is 0 Å². The van der Waals surface area contributed by atoms with E-state index in [4.69, 9.17) is 0 Å². The van der Waals surface area contributed by atoms with E-state index in [1.807, 2.05) is 6.08 Å². The average molecular weight is 421 g/mol. The van der Waals surface area contributed by atoms with Crippen LogP contribution in [-0.2, 0) is 0 Å². The predicted octanol–water partition coefficient (Wildman–Crippen LogP) is 6.05. The maximum absolute atomic E-state index is 10.2. The van der Waals surface area contributed by atoms with Gasteiger partial charge in [0.1, 0.15) is 0 Å². The summed E-state index contributed by atoms with van der Waals surface area (Å²) >= 11 is 0. The summed E-state index contributed by atoms with van der Waals surface area (Å²) in [6.45, 7) is 17.8. The lowest BCUT2D eigenvalue weighted by atomic mass is 9.59. The molecule has 3 N–H and O–H groups in total. The van der Waals surface area contributed by atoms with E-state index >= 15 is 0 Å². The van der Waals surface area contributed by atoms with Crippen LogP contribution in [-0.4, -0.2) is 33.6 Å². The molecule has 6 atom stereocenters. The molecule has 2 saturated carbocycles. The summed E-state index contributed by atoms with van der Waals surface area (Å²) in [6.07, 6.45) is 10.4. The molecular weight excluding hydrogens is 372 g/mol. The van der Waals surface area contributed by atoms with Crippen molar-refractivity contribution in [2.45, 2.75) is 106 Å². The number of hydrogen-bond acceptors (Lipinski definition) is 3. The van der Waals surface area contributed by atoms with Crippen LogP contribution < -0.4 is 0 Å². The van der Waals surface area contributed by atoms with Crippen molar-refractivity contribution in [2.75, 3.05) is 0 Å². The highest BCUT2D eigenvalue weighted by atomic mass is 16.3. The van der Waals surface area contributed by atoms with E-state index in [1.165, 1.54) is 12.8 Å². The summed E-state index contributed by atoms with van der Waals surface area (Å²) in [5.41, 5.74) is 2.12. The average Bonchev–Trinajstić information content (AvgIpc) is 2.87. The summed E-state index contributed by atoms with van der Waals surface area (Å²) in [7, 11) is 0. The first-order valence-electron chi connectivity index (χ1n) is 11.5. The van der Waals surface area contributed by atoms with Crippen molar-refractivity contribution in [3.8, 4) is 0 Å². The summed E-state index contributed by atoms with van der Waals surface area (Å²) in [5, 5.41) is 30.2. The maximum atomic E-state index is 10.2. The fourth-order valence-corrected chi connectivity index (χ4v) is 5.42. The fraction of sp³-hybridized carbons (Fsp3) is 0.778. The van der Waals surface area contributed by atoms with E-state index in [0.717, 1.165) is 24.0 Å². The van der Waals surface area contributed by atoms with Gasteiger partial charge in [-0.05, 0) is 71.8 Å². The van der Waals surface area contributed by atoms with Gasteiger partial charge < -0.3 is 15.3 Å². The van der Waals surface area contributed by atoms with Crippen LogP contribution in [0.2, 0.25) is 0 Å². The van der Waals surface area contributed by atoms with Gasteiger partial charge in [0.15, 0.2) is 0 Å². The molecule has 2 aliphatic rings. The molecule has 3 heteroatoms. The first-order valence-corrected chi connectivity index (χ1v) is 11.5. The van der Waals surface area contributed by atoms with Gasteiger partial charge in [0.25, 0.3) is 0 Å². The third-order valence-corrected chi connectivity index (χ3v) is 8.53. The highest BCUT2D eigenvalue weighted by Gasteiger charge is 2.52. The van der Waals surface area contributed by atoms with Crippen molar-refractivity contribution >= 4 is 0 Å². The van der Waals surface area contributed by atoms with E-state index in [9.17, 15) is 15.3 Å². The van der Waals surface area contributed by atoms with Gasteiger partial charge in [0.05, 0.1) is 18.3 Å². The number of hydrogen-bond donors (Lipinski definition) is 3. The first kappa shape index (κ1) is 27.1. The van der Waals surface area contributed by atoms with E-state index in [0.29, 0.717) is 30.6 Å². The Morgan fingerprint density at radius 1 is 1.13 bits per heavy atom. The third kappa shape index (κ3) is 5.66. The Morgan fingerprint density at radius 3 is 2.37 bits per heavy atom. The minimum Gasteiger partial charge on any atom is -0.393 e. The number of allylic oxidation sites excluding steroid dienone is 3. The normalized spacial score (nSPS) is 35.1. The van der Waals surface area contributed by atoms with Crippen LogP contribution in [0.5, 0.6) is 0 Å². The Hall–Kier alpha value is -0.900. The highest BCUT2D eigenvalue weighted by Crippen LogP contribution is 2.60. The van der Waals surface area contributed by atoms with E-state index in [2.05, 4.69) is 60.3 Å². The molecule has 0 aliphatic heterocycles. The first-order chi connectivity index (χ1) is 13.4. The molecule has 2 aliphatic carbocycles. The predicted molar refractivity (Wildman–Crippen MR) is 128 cm³/mol. The molecule has 0 aromatic carbocycles. The minimum absolute atomic E-state index is 0. The number of aliphatic hydroxyl groups excluding tert-OH is 3. The topological polar surface area (TPSA) is 60.7 Å². The molecule has 30 heavy (non-hydrogen) atoms. The van der Waals surface area contributed by atoms with E-state index in [-0.39, 0.29) is 24.4 Å². The summed E-state index contributed by atoms with van der Waals surface area (Å²) in [6, 6.07) is 0. The van der Waals surface area contributed by atoms with Gasteiger partial charge in [-0.25, -0.2) is 0 Å². The molecular formula is C27H48O3. The van der Waals surface area contributed by atoms with Gasteiger partial charge in [-0.1, -0.05) is 73.8 Å². The van der Waals surface area contributed by atoms with Crippen molar-refractivity contribution in [2.24, 2.45) is 28.6 Å². The lowest BCUT2D eigenvalue weighted by molar-refractivity contribution is 0.0277. The van der Waals surface area contributed by atoms with Crippen molar-refractivity contribution in [3.05, 3.63) is 36.0 Å². The SMILES string of the molecule is C.C=C1/C(=C\C=C\[C@@H]2CC[C@](C)([C@@H](C)CC[C@H](O)C(C)C)C2(C)C)C[C@@H](O)C[C@@H]1O. The molecule has 0 saturated heterocycles. The summed E-state index contributed by atoms with van der Waals surface area (Å²) in [4.78, 5) is 0. The Labute approximate surface area is 186 Å². The van der Waals surface area contributed by atoms with Gasteiger partial charge >= 0.3 is 0 Å². The van der Waals surface area contributed by atoms with Crippen molar-refractivity contribution in [3.63, 3.8) is 0 Å². The second-order valence-corrected chi connectivity index (χ2v) is 10.8. The smallest absolute Gasteiger partial charge is 0.0811 e. The lowest BCUT2D eigenvalue weighted by Gasteiger charge is -2.46. The molecule has 0 heterocycles. The van der Waals surface area contributed by atoms with Crippen LogP contribution in [0, 0.1) is 28.6 Å². The Morgan fingerprint density at radius 2 is 1.77 bits per heavy atom. The Bertz CT molecular complexity index is 630. The molecule has 2 rings (SSSR count). The van der Waals surface area contributed by atoms with Crippen molar-refractivity contribution in [1.82, 2.24) is 0 Å². The second kappa shape index (κ2) is 10.6. The van der Waals surface area contributed by atoms with Gasteiger partial charge in [-0.2, -0.15) is 0 Å². The van der Waals surface area contributed by atoms with Gasteiger partial charge in [0, 0.05) is 6.42 Å². The van der Waals surface area contributed by atoms with Gasteiger partial charge in [0.2, 0.25) is 0 Å². The summed E-state index contributed by atoms with van der Waals surface area (Å²) in [5.74, 6) is 1.38. The Balaban J connectivity index is 0.00000450. The quantitative estimate of drug-likeness (QED) is 0.469. The maximum Gasteiger partial charge on any atom is 0.0811 e. The molecule has 0 aromatic heterocycles. The highest BCUT2D eigenvalue weighted by molar-refractivity contribution is 5.37. The molecule has 0 amide bonds. The molecule has 174 valence electrons. The van der Waals surface area contributed by atoms with Crippen LogP contribution in [0.25, 0.3) is 0 Å². The zero-order valence-electron chi connectivity index (χ0n) is 19.5. The molecule has 3 nitrogen and oxygen atoms in total. The zero-order chi connectivity index (χ0) is 22.0. The van der Waals surface area contributed by atoms with Crippen LogP contribution in [0.15, 0.2) is 36.0 Å². The fourth-order valence-electron chi connectivity index (χ4n) is 5.42. The van der Waals surface area contributed by atoms with E-state index in [1.54, 1.807) is 0 Å². The number of aliphatic hydroxyl groups is 3. The van der Waals surface area contributed by atoms with Crippen molar-refractivity contribution < 1.29 is 15.3 Å². The number of rotatable bonds is 7. The van der Waals surface area contributed by atoms with Crippen LogP contribution in [0.1, 0.15) is 87.5 Å². The Kier molecular flexibility index (Phi) is 9.60. The lowest BCUT2D eigenvalue weighted by Crippen LogP contribution is -2.39. The van der Waals surface area contributed by atoms with Crippen LogP contribution >= 0.6 is 0 Å². The van der Waals surface area contributed by atoms with Crippen molar-refractivity contribution in [1.29, 1.82) is 0 Å². The molecule has 0 spiro atoms. The zero-order valence-corrected chi connectivity index (χ0v) is 19.5. The second-order valence-electron chi connectivity index (χ2n) is 10.8. The summed E-state index contributed by atoms with van der Waals surface area (Å²) < 4.78 is 0. The standard InChI is InChI=1S/C26H44O3.CH4/c1-17(2)23(28)12-11-18(3)26(7)14-13-21(25(26,5)6)10-8-9-20-15-22(27)16-24(29)19(20)4;/h8-10,17-18,21-24,27-29H,4,11-16H2,1-3,5-7H3;1H4/b10-8+,20-9-;/t18-,21+,22+,23-,24-,26+;/m0./s1. The molecule has 0 bridgehead atoms. The molecule has 0 unspecified atom stereocenters. The van der Waals surface area contributed by atoms with Gasteiger partial charge in [-0.3, -0.25) is 0 Å². The van der Waals surface area contributed by atoms with E-state index < -0.39 is 12.2 Å². The molecule has 0 radical (unpaired) electrons. The third-order valence-electron chi connectivity index (χ3n) is 8.53. The van der Waals surface area contributed by atoms with Gasteiger partial charge in [-0.15, -0.1) is 0 Å².